The van der Waals surface area contributed by atoms with Gasteiger partial charge < -0.3 is 0 Å². The SMILES string of the molecule is C=C/C=C(Cc1ccccc1)\C(C)=C/C. The summed E-state index contributed by atoms with van der Waals surface area (Å²) in [6, 6.07) is 10.5. The lowest BCUT2D eigenvalue weighted by atomic mass is 9.99. The molecule has 78 valence electrons. The Balaban J connectivity index is 2.86. The highest BCUT2D eigenvalue weighted by molar-refractivity contribution is 5.36. The van der Waals surface area contributed by atoms with Gasteiger partial charge in [0.05, 0.1) is 0 Å². The molecule has 1 rings (SSSR count). The molecular weight excluding hydrogens is 180 g/mol. The van der Waals surface area contributed by atoms with Crippen LogP contribution in [0.25, 0.3) is 0 Å². The number of hydrogen-bond acceptors (Lipinski definition) is 0. The van der Waals surface area contributed by atoms with Crippen LogP contribution in [-0.2, 0) is 6.42 Å². The van der Waals surface area contributed by atoms with Crippen molar-refractivity contribution in [3.8, 4) is 0 Å². The van der Waals surface area contributed by atoms with Crippen LogP contribution in [0.2, 0.25) is 0 Å². The van der Waals surface area contributed by atoms with Crippen molar-refractivity contribution in [1.82, 2.24) is 0 Å². The first-order valence-corrected chi connectivity index (χ1v) is 5.26. The minimum Gasteiger partial charge on any atom is -0.0991 e. The predicted molar refractivity (Wildman–Crippen MR) is 67.9 cm³/mol. The van der Waals surface area contributed by atoms with E-state index in [2.05, 4.69) is 56.8 Å². The summed E-state index contributed by atoms with van der Waals surface area (Å²) in [5, 5.41) is 0. The maximum atomic E-state index is 3.76. The second-order valence-electron chi connectivity index (χ2n) is 3.56. The molecule has 0 radical (unpaired) electrons. The molecule has 0 aromatic heterocycles. The topological polar surface area (TPSA) is 0 Å². The van der Waals surface area contributed by atoms with Crippen molar-refractivity contribution in [2.45, 2.75) is 20.3 Å². The molecule has 0 bridgehead atoms. The van der Waals surface area contributed by atoms with Crippen molar-refractivity contribution in [2.24, 2.45) is 0 Å². The minimum absolute atomic E-state index is 0.975. The Morgan fingerprint density at radius 1 is 1.27 bits per heavy atom. The fourth-order valence-electron chi connectivity index (χ4n) is 1.47. The molecule has 0 amide bonds. The standard InChI is InChI=1S/C15H18/c1-4-9-15(13(3)5-2)12-14-10-7-6-8-11-14/h4-11H,1,12H2,2-3H3/b13-5-,15-9-. The molecule has 0 saturated carbocycles. The summed E-state index contributed by atoms with van der Waals surface area (Å²) in [5.74, 6) is 0. The summed E-state index contributed by atoms with van der Waals surface area (Å²) < 4.78 is 0. The van der Waals surface area contributed by atoms with Crippen LogP contribution in [0.15, 0.2) is 66.3 Å². The van der Waals surface area contributed by atoms with Crippen LogP contribution in [0, 0.1) is 0 Å². The Kier molecular flexibility index (Phi) is 4.62. The van der Waals surface area contributed by atoms with Crippen LogP contribution in [0.3, 0.4) is 0 Å². The third-order valence-electron chi connectivity index (χ3n) is 2.50. The third kappa shape index (κ3) is 3.59. The van der Waals surface area contributed by atoms with Crippen molar-refractivity contribution < 1.29 is 0 Å². The molecule has 0 heterocycles. The van der Waals surface area contributed by atoms with E-state index in [4.69, 9.17) is 0 Å². The van der Waals surface area contributed by atoms with Gasteiger partial charge in [0, 0.05) is 0 Å². The van der Waals surface area contributed by atoms with E-state index >= 15 is 0 Å². The van der Waals surface area contributed by atoms with Crippen molar-refractivity contribution in [2.75, 3.05) is 0 Å². The minimum atomic E-state index is 0.975. The quantitative estimate of drug-likeness (QED) is 0.632. The van der Waals surface area contributed by atoms with Gasteiger partial charge in [-0.15, -0.1) is 0 Å². The first-order chi connectivity index (χ1) is 7.27. The molecule has 0 aliphatic rings. The Hall–Kier alpha value is -1.56. The molecule has 0 spiro atoms. The van der Waals surface area contributed by atoms with Crippen molar-refractivity contribution >= 4 is 0 Å². The van der Waals surface area contributed by atoms with Crippen LogP contribution in [-0.4, -0.2) is 0 Å². The number of hydrogen-bond donors (Lipinski definition) is 0. The monoisotopic (exact) mass is 198 g/mol. The van der Waals surface area contributed by atoms with Gasteiger partial charge in [-0.05, 0) is 31.4 Å². The summed E-state index contributed by atoms with van der Waals surface area (Å²) in [6.07, 6.45) is 7.05. The van der Waals surface area contributed by atoms with Crippen LogP contribution in [0.5, 0.6) is 0 Å². The first kappa shape index (κ1) is 11.5. The van der Waals surface area contributed by atoms with Crippen molar-refractivity contribution in [3.63, 3.8) is 0 Å². The molecule has 0 heteroatoms. The average Bonchev–Trinajstić information content (AvgIpc) is 2.29. The Morgan fingerprint density at radius 3 is 2.47 bits per heavy atom. The molecule has 0 aliphatic carbocycles. The maximum Gasteiger partial charge on any atom is -0.00233 e. The van der Waals surface area contributed by atoms with E-state index in [-0.39, 0.29) is 0 Å². The second-order valence-corrected chi connectivity index (χ2v) is 3.56. The number of allylic oxidation sites excluding steroid dienone is 5. The van der Waals surface area contributed by atoms with E-state index in [1.165, 1.54) is 16.7 Å². The molecule has 0 unspecified atom stereocenters. The molecule has 0 saturated heterocycles. The lowest BCUT2D eigenvalue weighted by Crippen LogP contribution is -1.91. The fourth-order valence-corrected chi connectivity index (χ4v) is 1.47. The summed E-state index contributed by atoms with van der Waals surface area (Å²) >= 11 is 0. The van der Waals surface area contributed by atoms with E-state index < -0.39 is 0 Å². The van der Waals surface area contributed by atoms with Crippen LogP contribution < -0.4 is 0 Å². The zero-order valence-corrected chi connectivity index (χ0v) is 9.53. The summed E-state index contributed by atoms with van der Waals surface area (Å²) in [7, 11) is 0. The van der Waals surface area contributed by atoms with Crippen molar-refractivity contribution in [1.29, 1.82) is 0 Å². The highest BCUT2D eigenvalue weighted by Gasteiger charge is 1.99. The summed E-state index contributed by atoms with van der Waals surface area (Å²) in [5.41, 5.74) is 3.99. The van der Waals surface area contributed by atoms with Crippen LogP contribution in [0.4, 0.5) is 0 Å². The fraction of sp³-hybridized carbons (Fsp3) is 0.200. The largest absolute Gasteiger partial charge is 0.0991 e. The Labute approximate surface area is 92.6 Å². The van der Waals surface area contributed by atoms with Gasteiger partial charge in [-0.1, -0.05) is 60.7 Å². The van der Waals surface area contributed by atoms with E-state index in [0.717, 1.165) is 6.42 Å². The zero-order chi connectivity index (χ0) is 11.1. The zero-order valence-electron chi connectivity index (χ0n) is 9.53. The van der Waals surface area contributed by atoms with Crippen molar-refractivity contribution in [3.05, 3.63) is 71.8 Å². The molecule has 0 atom stereocenters. The first-order valence-electron chi connectivity index (χ1n) is 5.26. The van der Waals surface area contributed by atoms with E-state index in [1.54, 1.807) is 0 Å². The van der Waals surface area contributed by atoms with Gasteiger partial charge in [0.15, 0.2) is 0 Å². The van der Waals surface area contributed by atoms with E-state index in [0.29, 0.717) is 0 Å². The summed E-state index contributed by atoms with van der Waals surface area (Å²) in [4.78, 5) is 0. The molecule has 0 fully saturated rings. The maximum absolute atomic E-state index is 3.76. The van der Waals surface area contributed by atoms with Gasteiger partial charge in [0.2, 0.25) is 0 Å². The van der Waals surface area contributed by atoms with Crippen LogP contribution in [0.1, 0.15) is 19.4 Å². The summed E-state index contributed by atoms with van der Waals surface area (Å²) in [6.45, 7) is 7.96. The number of rotatable bonds is 4. The van der Waals surface area contributed by atoms with Gasteiger partial charge in [0.25, 0.3) is 0 Å². The molecule has 0 aliphatic heterocycles. The van der Waals surface area contributed by atoms with Gasteiger partial charge in [-0.25, -0.2) is 0 Å². The van der Waals surface area contributed by atoms with E-state index in [9.17, 15) is 0 Å². The lowest BCUT2D eigenvalue weighted by Gasteiger charge is -2.07. The molecular formula is C15H18. The van der Waals surface area contributed by atoms with Gasteiger partial charge >= 0.3 is 0 Å². The van der Waals surface area contributed by atoms with Gasteiger partial charge in [-0.2, -0.15) is 0 Å². The highest BCUT2D eigenvalue weighted by Crippen LogP contribution is 2.15. The normalized spacial score (nSPS) is 12.7. The Bertz CT molecular complexity index is 366. The van der Waals surface area contributed by atoms with E-state index in [1.807, 2.05) is 12.1 Å². The predicted octanol–water partition coefficient (Wildman–Crippen LogP) is 4.31. The van der Waals surface area contributed by atoms with Gasteiger partial charge in [-0.3, -0.25) is 0 Å². The second kappa shape index (κ2) is 6.02. The molecule has 0 N–H and O–H groups in total. The Morgan fingerprint density at radius 2 is 1.93 bits per heavy atom. The van der Waals surface area contributed by atoms with Gasteiger partial charge in [0.1, 0.15) is 0 Å². The highest BCUT2D eigenvalue weighted by atomic mass is 14.0. The molecule has 0 nitrogen and oxygen atoms in total. The smallest absolute Gasteiger partial charge is 0.00233 e. The number of benzene rings is 1. The molecule has 15 heavy (non-hydrogen) atoms. The lowest BCUT2D eigenvalue weighted by molar-refractivity contribution is 1.14. The molecule has 1 aromatic carbocycles. The molecule has 1 aromatic rings. The van der Waals surface area contributed by atoms with Crippen LogP contribution >= 0.6 is 0 Å². The third-order valence-corrected chi connectivity index (χ3v) is 2.50. The average molecular weight is 198 g/mol.